The highest BCUT2D eigenvalue weighted by molar-refractivity contribution is 5.94. The van der Waals surface area contributed by atoms with E-state index in [9.17, 15) is 4.79 Å². The van der Waals surface area contributed by atoms with Crippen LogP contribution in [0.25, 0.3) is 0 Å². The zero-order chi connectivity index (χ0) is 15.1. The number of methoxy groups -OCH3 is 1. The van der Waals surface area contributed by atoms with Gasteiger partial charge in [0.1, 0.15) is 0 Å². The quantitative estimate of drug-likeness (QED) is 0.925. The van der Waals surface area contributed by atoms with Crippen LogP contribution in [-0.4, -0.2) is 38.4 Å². The minimum absolute atomic E-state index is 0.0474. The summed E-state index contributed by atoms with van der Waals surface area (Å²) in [5.41, 5.74) is 3.54. The lowest BCUT2D eigenvalue weighted by atomic mass is 9.67. The fourth-order valence-corrected chi connectivity index (χ4v) is 4.38. The molecule has 22 heavy (non-hydrogen) atoms. The van der Waals surface area contributed by atoms with Crippen molar-refractivity contribution in [3.05, 3.63) is 34.9 Å². The molecule has 1 aliphatic heterocycles. The number of nitrogens with one attached hydrogen (secondary N) is 1. The lowest BCUT2D eigenvalue weighted by Crippen LogP contribution is -2.62. The Balaban J connectivity index is 1.47. The molecular formula is C18H23NO3. The van der Waals surface area contributed by atoms with E-state index in [1.807, 2.05) is 6.07 Å². The first-order valence-electron chi connectivity index (χ1n) is 8.31. The van der Waals surface area contributed by atoms with E-state index in [1.54, 1.807) is 7.11 Å². The van der Waals surface area contributed by atoms with Crippen LogP contribution < -0.4 is 5.32 Å². The van der Waals surface area contributed by atoms with Gasteiger partial charge in [-0.15, -0.1) is 0 Å². The Labute approximate surface area is 131 Å². The number of amides is 1. The molecule has 1 aromatic carbocycles. The molecule has 0 radical (unpaired) electrons. The maximum atomic E-state index is 12.6. The average molecular weight is 301 g/mol. The Bertz CT molecular complexity index is 586. The first kappa shape index (κ1) is 14.2. The van der Waals surface area contributed by atoms with Crippen LogP contribution in [0.1, 0.15) is 34.3 Å². The van der Waals surface area contributed by atoms with Crippen molar-refractivity contribution in [2.75, 3.05) is 20.3 Å². The molecule has 0 aromatic heterocycles. The van der Waals surface area contributed by atoms with Crippen LogP contribution in [-0.2, 0) is 22.3 Å². The molecule has 1 N–H and O–H groups in total. The maximum Gasteiger partial charge on any atom is 0.251 e. The number of carbonyl (C=O) groups excluding carboxylic acids is 1. The Morgan fingerprint density at radius 1 is 1.36 bits per heavy atom. The molecule has 1 heterocycles. The lowest BCUT2D eigenvalue weighted by molar-refractivity contribution is -0.0809. The van der Waals surface area contributed by atoms with Gasteiger partial charge in [-0.05, 0) is 48.9 Å². The van der Waals surface area contributed by atoms with Crippen molar-refractivity contribution in [1.29, 1.82) is 0 Å². The van der Waals surface area contributed by atoms with E-state index in [-0.39, 0.29) is 24.0 Å². The molecule has 4 nitrogen and oxygen atoms in total. The number of carbonyl (C=O) groups is 1. The average Bonchev–Trinajstić information content (AvgIpc) is 3.16. The molecule has 1 amide bonds. The molecule has 4 heteroatoms. The molecule has 0 spiro atoms. The number of hydrogen-bond donors (Lipinski definition) is 1. The normalized spacial score (nSPS) is 32.2. The number of benzene rings is 1. The van der Waals surface area contributed by atoms with Gasteiger partial charge in [0.25, 0.3) is 5.91 Å². The minimum atomic E-state index is 0.0474. The van der Waals surface area contributed by atoms with Crippen LogP contribution in [0.4, 0.5) is 0 Å². The topological polar surface area (TPSA) is 47.6 Å². The van der Waals surface area contributed by atoms with Gasteiger partial charge in [0.2, 0.25) is 0 Å². The fraction of sp³-hybridized carbons (Fsp3) is 0.611. The summed E-state index contributed by atoms with van der Waals surface area (Å²) < 4.78 is 11.1. The highest BCUT2D eigenvalue weighted by atomic mass is 16.5. The Morgan fingerprint density at radius 2 is 2.23 bits per heavy atom. The van der Waals surface area contributed by atoms with E-state index in [0.717, 1.165) is 31.4 Å². The maximum absolute atomic E-state index is 12.6. The summed E-state index contributed by atoms with van der Waals surface area (Å²) in [6.07, 6.45) is 4.77. The largest absolute Gasteiger partial charge is 0.384 e. The molecule has 4 atom stereocenters. The zero-order valence-corrected chi connectivity index (χ0v) is 13.0. The van der Waals surface area contributed by atoms with Crippen LogP contribution in [0.2, 0.25) is 0 Å². The molecule has 0 unspecified atom stereocenters. The molecule has 0 bridgehead atoms. The molecular weight excluding hydrogens is 278 g/mol. The molecule has 3 aliphatic rings. The molecule has 2 fully saturated rings. The van der Waals surface area contributed by atoms with E-state index < -0.39 is 0 Å². The third-order valence-electron chi connectivity index (χ3n) is 5.55. The van der Waals surface area contributed by atoms with E-state index in [0.29, 0.717) is 12.5 Å². The zero-order valence-electron chi connectivity index (χ0n) is 13.0. The summed E-state index contributed by atoms with van der Waals surface area (Å²) in [6.45, 7) is 1.46. The van der Waals surface area contributed by atoms with E-state index in [4.69, 9.17) is 9.47 Å². The molecule has 1 saturated heterocycles. The number of rotatable bonds is 4. The fourth-order valence-electron chi connectivity index (χ4n) is 4.38. The van der Waals surface area contributed by atoms with Gasteiger partial charge in [-0.1, -0.05) is 6.07 Å². The van der Waals surface area contributed by atoms with Gasteiger partial charge in [-0.25, -0.2) is 0 Å². The molecule has 118 valence electrons. The summed E-state index contributed by atoms with van der Waals surface area (Å²) >= 11 is 0. The van der Waals surface area contributed by atoms with E-state index in [1.165, 1.54) is 17.5 Å². The first-order chi connectivity index (χ1) is 10.8. The summed E-state index contributed by atoms with van der Waals surface area (Å²) in [4.78, 5) is 12.6. The van der Waals surface area contributed by atoms with Gasteiger partial charge in [0.15, 0.2) is 0 Å². The summed E-state index contributed by atoms with van der Waals surface area (Å²) in [7, 11) is 1.71. The van der Waals surface area contributed by atoms with Gasteiger partial charge in [0, 0.05) is 37.2 Å². The first-order valence-corrected chi connectivity index (χ1v) is 8.31. The number of ether oxygens (including phenoxy) is 2. The summed E-state index contributed by atoms with van der Waals surface area (Å²) in [5, 5.41) is 3.23. The number of aryl methyl sites for hydroxylation is 2. The highest BCUT2D eigenvalue weighted by Gasteiger charge is 2.54. The van der Waals surface area contributed by atoms with Crippen molar-refractivity contribution in [2.24, 2.45) is 11.8 Å². The Morgan fingerprint density at radius 3 is 3.09 bits per heavy atom. The second-order valence-electron chi connectivity index (χ2n) is 6.74. The van der Waals surface area contributed by atoms with Crippen molar-refractivity contribution in [3.63, 3.8) is 0 Å². The second kappa shape index (κ2) is 5.67. The van der Waals surface area contributed by atoms with Gasteiger partial charge in [-0.3, -0.25) is 4.79 Å². The third-order valence-corrected chi connectivity index (χ3v) is 5.55. The van der Waals surface area contributed by atoms with Gasteiger partial charge < -0.3 is 14.8 Å². The lowest BCUT2D eigenvalue weighted by Gasteiger charge is -2.47. The third kappa shape index (κ3) is 2.25. The Kier molecular flexibility index (Phi) is 3.66. The number of fused-ring (bicyclic) bond motifs is 2. The SMILES string of the molecule is COC[C@@H]1[C@@H](NC(=O)c2ccc3c(c2)CCC3)[C@@H]2CCO[C@H]12. The number of hydrogen-bond acceptors (Lipinski definition) is 3. The van der Waals surface area contributed by atoms with Crippen LogP contribution in [0.3, 0.4) is 0 Å². The van der Waals surface area contributed by atoms with Gasteiger partial charge in [0.05, 0.1) is 12.7 Å². The smallest absolute Gasteiger partial charge is 0.251 e. The molecule has 1 saturated carbocycles. The predicted molar refractivity (Wildman–Crippen MR) is 82.9 cm³/mol. The van der Waals surface area contributed by atoms with Crippen molar-refractivity contribution in [3.8, 4) is 0 Å². The van der Waals surface area contributed by atoms with Gasteiger partial charge >= 0.3 is 0 Å². The van der Waals surface area contributed by atoms with E-state index in [2.05, 4.69) is 17.4 Å². The summed E-state index contributed by atoms with van der Waals surface area (Å²) in [6, 6.07) is 6.34. The van der Waals surface area contributed by atoms with Crippen molar-refractivity contribution >= 4 is 5.91 Å². The van der Waals surface area contributed by atoms with Crippen molar-refractivity contribution in [2.45, 2.75) is 37.8 Å². The van der Waals surface area contributed by atoms with Gasteiger partial charge in [-0.2, -0.15) is 0 Å². The molecule has 2 aliphatic carbocycles. The molecule has 1 aromatic rings. The predicted octanol–water partition coefficient (Wildman–Crippen LogP) is 1.96. The highest BCUT2D eigenvalue weighted by Crippen LogP contribution is 2.43. The van der Waals surface area contributed by atoms with Crippen LogP contribution >= 0.6 is 0 Å². The Hall–Kier alpha value is -1.39. The molecule has 4 rings (SSSR count). The van der Waals surface area contributed by atoms with Crippen LogP contribution in [0.5, 0.6) is 0 Å². The standard InChI is InChI=1S/C18H23NO3/c1-21-10-15-16(14-7-8-22-17(14)15)19-18(20)13-6-5-11-3-2-4-12(11)9-13/h5-6,9,14-17H,2-4,7-8,10H2,1H3,(H,19,20)/t14-,15+,16-,17-/m0/s1. The summed E-state index contributed by atoms with van der Waals surface area (Å²) in [5.74, 6) is 0.792. The monoisotopic (exact) mass is 301 g/mol. The minimum Gasteiger partial charge on any atom is -0.384 e. The van der Waals surface area contributed by atoms with Crippen molar-refractivity contribution < 1.29 is 14.3 Å². The van der Waals surface area contributed by atoms with Crippen LogP contribution in [0, 0.1) is 11.8 Å². The van der Waals surface area contributed by atoms with E-state index >= 15 is 0 Å². The van der Waals surface area contributed by atoms with Crippen LogP contribution in [0.15, 0.2) is 18.2 Å². The second-order valence-corrected chi connectivity index (χ2v) is 6.74. The van der Waals surface area contributed by atoms with Crippen molar-refractivity contribution in [1.82, 2.24) is 5.32 Å².